The molecule has 0 spiro atoms. The number of hydrogen-bond acceptors (Lipinski definition) is 6. The zero-order valence-electron chi connectivity index (χ0n) is 18.1. The lowest BCUT2D eigenvalue weighted by atomic mass is 9.84. The van der Waals surface area contributed by atoms with Gasteiger partial charge in [0, 0.05) is 17.7 Å². The predicted octanol–water partition coefficient (Wildman–Crippen LogP) is 4.95. The maximum atomic E-state index is 6.17. The summed E-state index contributed by atoms with van der Waals surface area (Å²) >= 11 is 0. The third-order valence-corrected chi connectivity index (χ3v) is 6.93. The molecule has 4 aromatic rings. The monoisotopic (exact) mass is 429 g/mol. The summed E-state index contributed by atoms with van der Waals surface area (Å²) in [6.45, 7) is 0. The van der Waals surface area contributed by atoms with E-state index in [-0.39, 0.29) is 0 Å². The number of H-pyrrole nitrogens is 1. The van der Waals surface area contributed by atoms with E-state index in [0.29, 0.717) is 17.8 Å². The summed E-state index contributed by atoms with van der Waals surface area (Å²) < 4.78 is 8.18. The van der Waals surface area contributed by atoms with Crippen molar-refractivity contribution in [3.05, 3.63) is 42.4 Å². The largest absolute Gasteiger partial charge is 0.490 e. The van der Waals surface area contributed by atoms with E-state index in [1.807, 2.05) is 10.7 Å². The number of tetrazole rings is 1. The van der Waals surface area contributed by atoms with Crippen LogP contribution < -0.4 is 4.74 Å². The first kappa shape index (κ1) is 19.4. The zero-order chi connectivity index (χ0) is 21.3. The molecule has 0 atom stereocenters. The summed E-state index contributed by atoms with van der Waals surface area (Å²) in [6.07, 6.45) is 15.2. The Morgan fingerprint density at radius 2 is 1.66 bits per heavy atom. The van der Waals surface area contributed by atoms with Crippen molar-refractivity contribution in [3.8, 4) is 28.3 Å². The van der Waals surface area contributed by atoms with E-state index in [4.69, 9.17) is 14.8 Å². The number of fused-ring (bicyclic) bond motifs is 1. The second-order valence-corrected chi connectivity index (χ2v) is 8.98. The number of aromatic amines is 1. The van der Waals surface area contributed by atoms with Gasteiger partial charge in [0.25, 0.3) is 0 Å². The van der Waals surface area contributed by atoms with Gasteiger partial charge in [0.1, 0.15) is 5.75 Å². The van der Waals surface area contributed by atoms with Gasteiger partial charge in [-0.25, -0.2) is 14.6 Å². The topological polar surface area (TPSA) is 93.9 Å². The molecule has 8 nitrogen and oxygen atoms in total. The summed E-state index contributed by atoms with van der Waals surface area (Å²) in [5.41, 5.74) is 5.13. The van der Waals surface area contributed by atoms with Crippen LogP contribution in [0.4, 0.5) is 0 Å². The molecule has 0 bridgehead atoms. The van der Waals surface area contributed by atoms with Gasteiger partial charge in [-0.3, -0.25) is 0 Å². The summed E-state index contributed by atoms with van der Waals surface area (Å²) in [7, 11) is 0. The molecule has 2 aliphatic rings. The van der Waals surface area contributed by atoms with Crippen LogP contribution in [0.1, 0.15) is 69.4 Å². The van der Waals surface area contributed by atoms with Crippen molar-refractivity contribution in [1.82, 2.24) is 35.2 Å². The third kappa shape index (κ3) is 3.53. The molecule has 0 unspecified atom stereocenters. The molecular weight excluding hydrogens is 402 g/mol. The fourth-order valence-electron chi connectivity index (χ4n) is 5.29. The van der Waals surface area contributed by atoms with Gasteiger partial charge in [0.2, 0.25) is 0 Å². The van der Waals surface area contributed by atoms with Crippen LogP contribution >= 0.6 is 0 Å². The minimum absolute atomic E-state index is 0.366. The molecule has 0 radical (unpaired) electrons. The molecule has 8 heteroatoms. The Balaban J connectivity index is 1.41. The van der Waals surface area contributed by atoms with Crippen molar-refractivity contribution in [2.75, 3.05) is 0 Å². The lowest BCUT2D eigenvalue weighted by Gasteiger charge is -2.25. The quantitative estimate of drug-likeness (QED) is 0.483. The summed E-state index contributed by atoms with van der Waals surface area (Å²) in [5.74, 6) is 2.00. The van der Waals surface area contributed by atoms with E-state index in [0.717, 1.165) is 40.9 Å². The first-order valence-corrected chi connectivity index (χ1v) is 11.7. The van der Waals surface area contributed by atoms with E-state index < -0.39 is 0 Å². The first-order valence-electron chi connectivity index (χ1n) is 11.7. The lowest BCUT2D eigenvalue weighted by molar-refractivity contribution is 0.210. The molecule has 2 fully saturated rings. The Kier molecular flexibility index (Phi) is 5.05. The number of rotatable bonds is 5. The number of ether oxygens (including phenoxy) is 1. The molecule has 0 saturated heterocycles. The molecule has 1 N–H and O–H groups in total. The van der Waals surface area contributed by atoms with Gasteiger partial charge in [-0.2, -0.15) is 5.10 Å². The molecule has 1 aromatic carbocycles. The maximum absolute atomic E-state index is 6.17. The van der Waals surface area contributed by atoms with Crippen LogP contribution in [0.3, 0.4) is 0 Å². The van der Waals surface area contributed by atoms with Crippen LogP contribution in [0.5, 0.6) is 5.75 Å². The van der Waals surface area contributed by atoms with E-state index in [9.17, 15) is 0 Å². The highest BCUT2D eigenvalue weighted by atomic mass is 16.5. The number of hydrogen-bond donors (Lipinski definition) is 1. The Labute approximate surface area is 186 Å². The van der Waals surface area contributed by atoms with E-state index in [1.54, 1.807) is 6.20 Å². The van der Waals surface area contributed by atoms with Crippen LogP contribution in [0.15, 0.2) is 36.7 Å². The zero-order valence-corrected chi connectivity index (χ0v) is 18.1. The molecule has 164 valence electrons. The minimum Gasteiger partial charge on any atom is -0.490 e. The van der Waals surface area contributed by atoms with Gasteiger partial charge < -0.3 is 4.74 Å². The highest BCUT2D eigenvalue weighted by molar-refractivity contribution is 5.75. The Morgan fingerprint density at radius 1 is 0.875 bits per heavy atom. The Hall–Kier alpha value is -3.29. The first-order chi connectivity index (χ1) is 15.9. The number of benzene rings is 1. The van der Waals surface area contributed by atoms with Gasteiger partial charge in [-0.05, 0) is 66.6 Å². The molecule has 0 amide bonds. The second kappa shape index (κ2) is 8.33. The predicted molar refractivity (Wildman–Crippen MR) is 120 cm³/mol. The van der Waals surface area contributed by atoms with Crippen molar-refractivity contribution in [2.24, 2.45) is 0 Å². The smallest absolute Gasteiger partial charge is 0.184 e. The van der Waals surface area contributed by atoms with Gasteiger partial charge in [0.05, 0.1) is 23.6 Å². The van der Waals surface area contributed by atoms with Gasteiger partial charge in [0.15, 0.2) is 11.5 Å². The highest BCUT2D eigenvalue weighted by Crippen LogP contribution is 2.39. The highest BCUT2D eigenvalue weighted by Gasteiger charge is 2.25. The third-order valence-electron chi connectivity index (χ3n) is 6.93. The lowest BCUT2D eigenvalue weighted by Crippen LogP contribution is -2.13. The van der Waals surface area contributed by atoms with Crippen molar-refractivity contribution < 1.29 is 4.74 Å². The van der Waals surface area contributed by atoms with Crippen molar-refractivity contribution in [3.63, 3.8) is 0 Å². The minimum atomic E-state index is 0.366. The normalized spacial score (nSPS) is 17.9. The number of nitrogens with zero attached hydrogens (tertiary/aromatic N) is 6. The molecule has 32 heavy (non-hydrogen) atoms. The van der Waals surface area contributed by atoms with E-state index in [2.05, 4.69) is 44.9 Å². The van der Waals surface area contributed by atoms with Crippen LogP contribution in [-0.4, -0.2) is 41.3 Å². The number of nitrogens with one attached hydrogen (secondary N) is 1. The van der Waals surface area contributed by atoms with Gasteiger partial charge in [-0.15, -0.1) is 5.10 Å². The van der Waals surface area contributed by atoms with Gasteiger partial charge in [-0.1, -0.05) is 31.4 Å². The fraction of sp³-hybridized carbons (Fsp3) is 0.458. The molecule has 3 aromatic heterocycles. The summed E-state index contributed by atoms with van der Waals surface area (Å²) in [6, 6.07) is 8.50. The average Bonchev–Trinajstić information content (AvgIpc) is 3.61. The molecular formula is C24H27N7O. The molecule has 6 rings (SSSR count). The molecule has 0 aliphatic heterocycles. The maximum Gasteiger partial charge on any atom is 0.184 e. The molecule has 3 heterocycles. The Bertz CT molecular complexity index is 1190. The number of aromatic nitrogens is 7. The van der Waals surface area contributed by atoms with Crippen molar-refractivity contribution >= 4 is 5.65 Å². The van der Waals surface area contributed by atoms with Crippen LogP contribution in [0.25, 0.3) is 28.2 Å². The van der Waals surface area contributed by atoms with E-state index in [1.165, 1.54) is 50.6 Å². The standard InChI is InChI=1S/C24H27N7O/c1-2-6-17(7-3-1)22-20(16-10-12-19(13-11-16)32-18-8-4-5-9-18)14-25-24-21(15-26-31(22)24)23-27-29-30-28-23/h10-15,17-18H,1-9H2,(H,27,28,29,30). The van der Waals surface area contributed by atoms with Crippen LogP contribution in [0, 0.1) is 0 Å². The van der Waals surface area contributed by atoms with Gasteiger partial charge >= 0.3 is 0 Å². The van der Waals surface area contributed by atoms with Crippen LogP contribution in [-0.2, 0) is 0 Å². The average molecular weight is 430 g/mol. The molecule has 2 saturated carbocycles. The van der Waals surface area contributed by atoms with Crippen LogP contribution in [0.2, 0.25) is 0 Å². The SMILES string of the molecule is c1cc(-c2cnc3c(-c4nnn[nH]4)cnn3c2C2CCCCC2)ccc1OC1CCCC1. The molecule has 2 aliphatic carbocycles. The fourth-order valence-corrected chi connectivity index (χ4v) is 5.29. The van der Waals surface area contributed by atoms with Crippen molar-refractivity contribution in [1.29, 1.82) is 0 Å². The summed E-state index contributed by atoms with van der Waals surface area (Å²) in [4.78, 5) is 4.79. The Morgan fingerprint density at radius 3 is 2.41 bits per heavy atom. The second-order valence-electron chi connectivity index (χ2n) is 8.98. The van der Waals surface area contributed by atoms with Crippen molar-refractivity contribution in [2.45, 2.75) is 69.8 Å². The van der Waals surface area contributed by atoms with E-state index >= 15 is 0 Å². The summed E-state index contributed by atoms with van der Waals surface area (Å²) in [5, 5.41) is 19.0.